The minimum Gasteiger partial charge on any atom is -0.481 e. The van der Waals surface area contributed by atoms with E-state index in [0.29, 0.717) is 25.7 Å². The zero-order chi connectivity index (χ0) is 16.1. The van der Waals surface area contributed by atoms with Gasteiger partial charge in [-0.3, -0.25) is 4.79 Å². The van der Waals surface area contributed by atoms with Gasteiger partial charge in [-0.1, -0.05) is 31.9 Å². The van der Waals surface area contributed by atoms with Crippen molar-refractivity contribution in [3.8, 4) is 0 Å². The van der Waals surface area contributed by atoms with Crippen LogP contribution in [0.4, 0.5) is 0 Å². The number of carboxylic acid groups (broad SMARTS) is 1. The second-order valence-corrected chi connectivity index (χ2v) is 5.51. The van der Waals surface area contributed by atoms with E-state index in [1.165, 1.54) is 0 Å². The van der Waals surface area contributed by atoms with E-state index in [-0.39, 0.29) is 12.5 Å². The molecule has 0 fully saturated rings. The van der Waals surface area contributed by atoms with Crippen LogP contribution in [0.3, 0.4) is 0 Å². The van der Waals surface area contributed by atoms with Gasteiger partial charge in [0.05, 0.1) is 18.3 Å². The summed E-state index contributed by atoms with van der Waals surface area (Å²) in [6, 6.07) is 0. The molecule has 0 heterocycles. The molecule has 0 saturated carbocycles. The molecule has 21 heavy (non-hydrogen) atoms. The second kappa shape index (κ2) is 12.8. The van der Waals surface area contributed by atoms with E-state index >= 15 is 0 Å². The van der Waals surface area contributed by atoms with E-state index in [0.717, 1.165) is 25.7 Å². The fourth-order valence-corrected chi connectivity index (χ4v) is 2.02. The molecule has 0 spiro atoms. The number of carboxylic acids is 1. The van der Waals surface area contributed by atoms with Crippen LogP contribution in [0.5, 0.6) is 0 Å². The molecule has 0 aliphatic rings. The Balaban J connectivity index is 3.62. The predicted octanol–water partition coefficient (Wildman–Crippen LogP) is 2.24. The first kappa shape index (κ1) is 20.1. The molecule has 5 heteroatoms. The molecule has 0 radical (unpaired) electrons. The SMILES string of the molecule is CCC(O)CCCC(O)/C=C/C(O)CCCCCC(=O)O. The van der Waals surface area contributed by atoms with Crippen molar-refractivity contribution in [3.05, 3.63) is 12.2 Å². The number of aliphatic hydroxyl groups excluding tert-OH is 3. The molecule has 0 aromatic carbocycles. The minimum absolute atomic E-state index is 0.175. The van der Waals surface area contributed by atoms with Crippen molar-refractivity contribution < 1.29 is 25.2 Å². The maximum atomic E-state index is 10.3. The first-order chi connectivity index (χ1) is 9.95. The largest absolute Gasteiger partial charge is 0.481 e. The Kier molecular flexibility index (Phi) is 12.2. The summed E-state index contributed by atoms with van der Waals surface area (Å²) in [5.74, 6) is -0.785. The number of hydrogen-bond donors (Lipinski definition) is 4. The van der Waals surface area contributed by atoms with Crippen LogP contribution >= 0.6 is 0 Å². The van der Waals surface area contributed by atoms with Gasteiger partial charge in [-0.05, 0) is 38.5 Å². The van der Waals surface area contributed by atoms with Crippen molar-refractivity contribution in [2.45, 2.75) is 83.0 Å². The number of rotatable bonds is 13. The maximum absolute atomic E-state index is 10.3. The molecule has 0 bridgehead atoms. The van der Waals surface area contributed by atoms with E-state index in [2.05, 4.69) is 0 Å². The zero-order valence-electron chi connectivity index (χ0n) is 12.9. The molecule has 0 rings (SSSR count). The number of aliphatic hydroxyl groups is 3. The Bertz CT molecular complexity index is 290. The molecule has 3 unspecified atom stereocenters. The third kappa shape index (κ3) is 13.8. The lowest BCUT2D eigenvalue weighted by Gasteiger charge is -2.10. The van der Waals surface area contributed by atoms with Crippen LogP contribution in [-0.2, 0) is 4.79 Å². The molecule has 0 aromatic heterocycles. The van der Waals surface area contributed by atoms with Gasteiger partial charge in [-0.15, -0.1) is 0 Å². The lowest BCUT2D eigenvalue weighted by Crippen LogP contribution is -2.09. The quantitative estimate of drug-likeness (QED) is 0.309. The summed E-state index contributed by atoms with van der Waals surface area (Å²) in [7, 11) is 0. The van der Waals surface area contributed by atoms with Crippen LogP contribution in [-0.4, -0.2) is 44.7 Å². The summed E-state index contributed by atoms with van der Waals surface area (Å²) >= 11 is 0. The standard InChI is InChI=1S/C16H30O5/c1-2-13(17)8-6-9-15(19)12-11-14(18)7-4-3-5-10-16(20)21/h11-15,17-19H,2-10H2,1H3,(H,20,21)/b12-11+. The number of carbonyl (C=O) groups is 1. The molecular weight excluding hydrogens is 272 g/mol. The Hall–Kier alpha value is -0.910. The molecule has 0 aliphatic heterocycles. The molecule has 0 saturated heterocycles. The summed E-state index contributed by atoms with van der Waals surface area (Å²) in [5.41, 5.74) is 0. The monoisotopic (exact) mass is 302 g/mol. The van der Waals surface area contributed by atoms with E-state index in [1.54, 1.807) is 12.2 Å². The van der Waals surface area contributed by atoms with Gasteiger partial charge >= 0.3 is 5.97 Å². The van der Waals surface area contributed by atoms with Gasteiger partial charge in [0, 0.05) is 6.42 Å². The van der Waals surface area contributed by atoms with Crippen LogP contribution < -0.4 is 0 Å². The molecule has 3 atom stereocenters. The second-order valence-electron chi connectivity index (χ2n) is 5.51. The molecule has 0 amide bonds. The normalized spacial score (nSPS) is 16.0. The topological polar surface area (TPSA) is 98.0 Å². The average Bonchev–Trinajstić information content (AvgIpc) is 2.44. The smallest absolute Gasteiger partial charge is 0.303 e. The molecular formula is C16H30O5. The minimum atomic E-state index is -0.785. The molecule has 5 nitrogen and oxygen atoms in total. The van der Waals surface area contributed by atoms with Crippen LogP contribution in [0.15, 0.2) is 12.2 Å². The van der Waals surface area contributed by atoms with Gasteiger partial charge < -0.3 is 20.4 Å². The first-order valence-electron chi connectivity index (χ1n) is 7.90. The highest BCUT2D eigenvalue weighted by molar-refractivity contribution is 5.66. The zero-order valence-corrected chi connectivity index (χ0v) is 12.9. The lowest BCUT2D eigenvalue weighted by molar-refractivity contribution is -0.137. The van der Waals surface area contributed by atoms with Gasteiger partial charge in [0.15, 0.2) is 0 Å². The fraction of sp³-hybridized carbons (Fsp3) is 0.812. The Morgan fingerprint density at radius 1 is 0.905 bits per heavy atom. The van der Waals surface area contributed by atoms with Crippen LogP contribution in [0.1, 0.15) is 64.7 Å². The summed E-state index contributed by atoms with van der Waals surface area (Å²) in [6.45, 7) is 1.92. The Morgan fingerprint density at radius 2 is 1.48 bits per heavy atom. The Morgan fingerprint density at radius 3 is 2.00 bits per heavy atom. The molecule has 4 N–H and O–H groups in total. The van der Waals surface area contributed by atoms with Crippen LogP contribution in [0.25, 0.3) is 0 Å². The number of aliphatic carboxylic acids is 1. The van der Waals surface area contributed by atoms with E-state index in [4.69, 9.17) is 5.11 Å². The van der Waals surface area contributed by atoms with Crippen molar-refractivity contribution in [2.24, 2.45) is 0 Å². The molecule has 124 valence electrons. The van der Waals surface area contributed by atoms with Gasteiger partial charge in [0.2, 0.25) is 0 Å². The highest BCUT2D eigenvalue weighted by Gasteiger charge is 2.05. The van der Waals surface area contributed by atoms with Crippen molar-refractivity contribution >= 4 is 5.97 Å². The Labute approximate surface area is 127 Å². The van der Waals surface area contributed by atoms with Crippen LogP contribution in [0.2, 0.25) is 0 Å². The van der Waals surface area contributed by atoms with Crippen molar-refractivity contribution in [2.75, 3.05) is 0 Å². The average molecular weight is 302 g/mol. The maximum Gasteiger partial charge on any atom is 0.303 e. The van der Waals surface area contributed by atoms with E-state index in [1.807, 2.05) is 6.92 Å². The summed E-state index contributed by atoms with van der Waals surface area (Å²) in [6.07, 6.45) is 7.42. The van der Waals surface area contributed by atoms with Gasteiger partial charge in [0.1, 0.15) is 0 Å². The lowest BCUT2D eigenvalue weighted by atomic mass is 10.1. The van der Waals surface area contributed by atoms with Crippen LogP contribution in [0, 0.1) is 0 Å². The molecule has 0 aliphatic carbocycles. The highest BCUT2D eigenvalue weighted by Crippen LogP contribution is 2.10. The summed E-state index contributed by atoms with van der Waals surface area (Å²) in [5, 5.41) is 37.3. The third-order valence-corrected chi connectivity index (χ3v) is 3.45. The first-order valence-corrected chi connectivity index (χ1v) is 7.90. The van der Waals surface area contributed by atoms with Crippen molar-refractivity contribution in [1.82, 2.24) is 0 Å². The summed E-state index contributed by atoms with van der Waals surface area (Å²) < 4.78 is 0. The van der Waals surface area contributed by atoms with E-state index in [9.17, 15) is 20.1 Å². The number of hydrogen-bond acceptors (Lipinski definition) is 4. The number of unbranched alkanes of at least 4 members (excludes halogenated alkanes) is 2. The highest BCUT2D eigenvalue weighted by atomic mass is 16.4. The van der Waals surface area contributed by atoms with Gasteiger partial charge in [-0.25, -0.2) is 0 Å². The van der Waals surface area contributed by atoms with Gasteiger partial charge in [-0.2, -0.15) is 0 Å². The molecule has 0 aromatic rings. The predicted molar refractivity (Wildman–Crippen MR) is 82.0 cm³/mol. The van der Waals surface area contributed by atoms with E-state index < -0.39 is 18.2 Å². The fourth-order valence-electron chi connectivity index (χ4n) is 2.02. The third-order valence-electron chi connectivity index (χ3n) is 3.45. The van der Waals surface area contributed by atoms with Crippen molar-refractivity contribution in [1.29, 1.82) is 0 Å². The summed E-state index contributed by atoms with van der Waals surface area (Å²) in [4.78, 5) is 10.3. The van der Waals surface area contributed by atoms with Crippen molar-refractivity contribution in [3.63, 3.8) is 0 Å². The van der Waals surface area contributed by atoms with Gasteiger partial charge in [0.25, 0.3) is 0 Å².